The van der Waals surface area contributed by atoms with Gasteiger partial charge in [-0.3, -0.25) is 4.79 Å². The first-order valence-electron chi connectivity index (χ1n) is 5.34. The summed E-state index contributed by atoms with van der Waals surface area (Å²) in [6.07, 6.45) is 0.430. The molecule has 2 aromatic rings. The number of carbonyl (C=O) groups is 1. The van der Waals surface area contributed by atoms with E-state index in [1.165, 1.54) is 18.2 Å². The molecule has 0 amide bonds. The minimum Gasteiger partial charge on any atom is -0.477 e. The molecule has 2 N–H and O–H groups in total. The van der Waals surface area contributed by atoms with E-state index in [9.17, 15) is 14.0 Å². The average Bonchev–Trinajstić information content (AvgIpc) is 2.64. The summed E-state index contributed by atoms with van der Waals surface area (Å²) in [6, 6.07) is 5.66. The zero-order valence-corrected chi connectivity index (χ0v) is 9.16. The van der Waals surface area contributed by atoms with Gasteiger partial charge in [-0.25, -0.2) is 9.18 Å². The van der Waals surface area contributed by atoms with Crippen LogP contribution < -0.4 is 5.56 Å². The Bertz CT molecular complexity index is 734. The van der Waals surface area contributed by atoms with Crippen LogP contribution >= 0.6 is 0 Å². The van der Waals surface area contributed by atoms with Crippen molar-refractivity contribution in [3.8, 4) is 11.3 Å². The number of aromatic amines is 1. The van der Waals surface area contributed by atoms with Crippen molar-refractivity contribution in [2.75, 3.05) is 0 Å². The highest BCUT2D eigenvalue weighted by Crippen LogP contribution is 2.34. The van der Waals surface area contributed by atoms with Gasteiger partial charge >= 0.3 is 5.97 Å². The van der Waals surface area contributed by atoms with Crippen molar-refractivity contribution >= 4 is 5.97 Å². The fourth-order valence-corrected chi connectivity index (χ4v) is 2.27. The molecule has 0 atom stereocenters. The van der Waals surface area contributed by atoms with Crippen LogP contribution in [0.25, 0.3) is 11.3 Å². The predicted octanol–water partition coefficient (Wildman–Crippen LogP) is 1.78. The van der Waals surface area contributed by atoms with Crippen LogP contribution in [0.2, 0.25) is 0 Å². The fourth-order valence-electron chi connectivity index (χ4n) is 2.27. The number of carboxylic acid groups (broad SMARTS) is 1. The number of rotatable bonds is 1. The zero-order chi connectivity index (χ0) is 12.9. The molecule has 1 aliphatic rings. The summed E-state index contributed by atoms with van der Waals surface area (Å²) in [6.45, 7) is 0. The summed E-state index contributed by atoms with van der Waals surface area (Å²) in [7, 11) is 0. The Kier molecular flexibility index (Phi) is 2.10. The number of hydrogen-bond donors (Lipinski definition) is 2. The van der Waals surface area contributed by atoms with E-state index in [2.05, 4.69) is 4.98 Å². The second-order valence-corrected chi connectivity index (χ2v) is 4.20. The van der Waals surface area contributed by atoms with E-state index in [-0.39, 0.29) is 11.4 Å². The molecule has 3 rings (SSSR count). The molecule has 0 spiro atoms. The molecule has 0 fully saturated rings. The number of aromatic carboxylic acids is 1. The van der Waals surface area contributed by atoms with Gasteiger partial charge in [-0.1, -0.05) is 0 Å². The second-order valence-electron chi connectivity index (χ2n) is 4.20. The van der Waals surface area contributed by atoms with Gasteiger partial charge in [0.25, 0.3) is 5.56 Å². The Labute approximate surface area is 101 Å². The smallest absolute Gasteiger partial charge is 0.341 e. The maximum atomic E-state index is 13.1. The number of pyridine rings is 1. The van der Waals surface area contributed by atoms with E-state index >= 15 is 0 Å². The van der Waals surface area contributed by atoms with E-state index in [1.54, 1.807) is 6.07 Å². The van der Waals surface area contributed by atoms with Crippen LogP contribution in [-0.4, -0.2) is 16.1 Å². The number of carboxylic acids is 1. The number of nitrogens with one attached hydrogen (secondary N) is 1. The van der Waals surface area contributed by atoms with Crippen molar-refractivity contribution in [1.82, 2.24) is 4.98 Å². The summed E-state index contributed by atoms with van der Waals surface area (Å²) in [5.74, 6) is -1.61. The predicted molar refractivity (Wildman–Crippen MR) is 62.2 cm³/mol. The maximum Gasteiger partial charge on any atom is 0.341 e. The highest BCUT2D eigenvalue weighted by atomic mass is 19.1. The highest BCUT2D eigenvalue weighted by molar-refractivity contribution is 5.88. The Balaban J connectivity index is 2.24. The minimum absolute atomic E-state index is 0.290. The van der Waals surface area contributed by atoms with Crippen molar-refractivity contribution in [3.05, 3.63) is 57.1 Å². The maximum absolute atomic E-state index is 13.1. The molecule has 0 unspecified atom stereocenters. The Morgan fingerprint density at radius 1 is 1.28 bits per heavy atom. The molecule has 18 heavy (non-hydrogen) atoms. The van der Waals surface area contributed by atoms with Crippen molar-refractivity contribution < 1.29 is 14.3 Å². The molecule has 5 heteroatoms. The quantitative estimate of drug-likeness (QED) is 0.686. The second kappa shape index (κ2) is 3.53. The molecular weight excluding hydrogens is 237 g/mol. The van der Waals surface area contributed by atoms with Crippen molar-refractivity contribution in [1.29, 1.82) is 0 Å². The zero-order valence-electron chi connectivity index (χ0n) is 9.16. The Hall–Kier alpha value is -2.43. The third kappa shape index (κ3) is 1.44. The number of halogens is 1. The molecule has 4 nitrogen and oxygen atoms in total. The summed E-state index contributed by atoms with van der Waals surface area (Å²) >= 11 is 0. The first kappa shape index (κ1) is 10.7. The van der Waals surface area contributed by atoms with Gasteiger partial charge in [-0.2, -0.15) is 0 Å². The van der Waals surface area contributed by atoms with Crippen LogP contribution in [0.5, 0.6) is 0 Å². The molecule has 0 saturated carbocycles. The van der Waals surface area contributed by atoms with Gasteiger partial charge in [0.05, 0.1) is 5.69 Å². The molecule has 0 radical (unpaired) electrons. The van der Waals surface area contributed by atoms with Crippen molar-refractivity contribution in [3.63, 3.8) is 0 Å². The number of fused-ring (bicyclic) bond motifs is 3. The highest BCUT2D eigenvalue weighted by Gasteiger charge is 2.22. The van der Waals surface area contributed by atoms with Gasteiger partial charge < -0.3 is 10.1 Å². The first-order chi connectivity index (χ1) is 8.56. The van der Waals surface area contributed by atoms with E-state index < -0.39 is 11.5 Å². The van der Waals surface area contributed by atoms with Gasteiger partial charge in [-0.15, -0.1) is 0 Å². The SMILES string of the molecule is O=C(O)c1cc2c([nH]c1=O)-c1ccc(F)cc1C2. The summed E-state index contributed by atoms with van der Waals surface area (Å²) in [4.78, 5) is 25.0. The number of H-pyrrole nitrogens is 1. The third-order valence-corrected chi connectivity index (χ3v) is 3.07. The number of benzene rings is 1. The van der Waals surface area contributed by atoms with E-state index in [1.807, 2.05) is 0 Å². The van der Waals surface area contributed by atoms with E-state index in [4.69, 9.17) is 5.11 Å². The molecule has 0 saturated heterocycles. The largest absolute Gasteiger partial charge is 0.477 e. The van der Waals surface area contributed by atoms with Gasteiger partial charge in [0.2, 0.25) is 0 Å². The van der Waals surface area contributed by atoms with Crippen molar-refractivity contribution in [2.45, 2.75) is 6.42 Å². The van der Waals surface area contributed by atoms with Gasteiger partial charge in [0, 0.05) is 12.0 Å². The number of hydrogen-bond acceptors (Lipinski definition) is 2. The van der Waals surface area contributed by atoms with Gasteiger partial charge in [0.15, 0.2) is 0 Å². The van der Waals surface area contributed by atoms with E-state index in [0.717, 1.165) is 11.1 Å². The van der Waals surface area contributed by atoms with Crippen molar-refractivity contribution in [2.24, 2.45) is 0 Å². The summed E-state index contributed by atoms with van der Waals surface area (Å²) < 4.78 is 13.1. The van der Waals surface area contributed by atoms with Crippen LogP contribution in [0.15, 0.2) is 29.1 Å². The fraction of sp³-hybridized carbons (Fsp3) is 0.0769. The molecule has 1 heterocycles. The van der Waals surface area contributed by atoms with Crippen LogP contribution in [0.3, 0.4) is 0 Å². The first-order valence-corrected chi connectivity index (χ1v) is 5.34. The van der Waals surface area contributed by atoms with Gasteiger partial charge in [0.1, 0.15) is 11.4 Å². The lowest BCUT2D eigenvalue weighted by Crippen LogP contribution is -2.18. The molecule has 0 bridgehead atoms. The monoisotopic (exact) mass is 245 g/mol. The summed E-state index contributed by atoms with van der Waals surface area (Å²) in [5, 5.41) is 8.88. The molecule has 1 aromatic heterocycles. The Morgan fingerprint density at radius 3 is 2.78 bits per heavy atom. The van der Waals surface area contributed by atoms with E-state index in [0.29, 0.717) is 17.7 Å². The minimum atomic E-state index is -1.26. The van der Waals surface area contributed by atoms with Crippen LogP contribution in [-0.2, 0) is 6.42 Å². The standard InChI is InChI=1S/C13H8FNO3/c14-8-1-2-9-6(4-8)3-7-5-10(13(17)18)12(16)15-11(7)9/h1-2,4-5H,3H2,(H,15,16)(H,17,18). The lowest BCUT2D eigenvalue weighted by atomic mass is 10.1. The molecule has 1 aliphatic carbocycles. The van der Waals surface area contributed by atoms with Gasteiger partial charge in [-0.05, 0) is 35.4 Å². The molecule has 0 aliphatic heterocycles. The van der Waals surface area contributed by atoms with Crippen LogP contribution in [0.1, 0.15) is 21.5 Å². The number of aromatic nitrogens is 1. The third-order valence-electron chi connectivity index (χ3n) is 3.07. The summed E-state index contributed by atoms with van der Waals surface area (Å²) in [5.41, 5.74) is 1.86. The molecular formula is C13H8FNO3. The molecule has 90 valence electrons. The topological polar surface area (TPSA) is 70.2 Å². The lowest BCUT2D eigenvalue weighted by molar-refractivity contribution is 0.0695. The van der Waals surface area contributed by atoms with Crippen LogP contribution in [0, 0.1) is 5.82 Å². The lowest BCUT2D eigenvalue weighted by Gasteiger charge is -2.01. The van der Waals surface area contributed by atoms with Crippen LogP contribution in [0.4, 0.5) is 4.39 Å². The Morgan fingerprint density at radius 2 is 2.06 bits per heavy atom. The average molecular weight is 245 g/mol. The normalized spacial score (nSPS) is 12.1. The molecule has 1 aromatic carbocycles.